The van der Waals surface area contributed by atoms with E-state index in [1.165, 1.54) is 6.33 Å². The summed E-state index contributed by atoms with van der Waals surface area (Å²) in [4.78, 5) is 19.9. The molecule has 1 aromatic heterocycles. The molecular formula is C14H11Cl2N3O2. The number of para-hydroxylation sites is 1. The predicted octanol–water partition coefficient (Wildman–Crippen LogP) is 2.97. The van der Waals surface area contributed by atoms with Gasteiger partial charge in [0.05, 0.1) is 5.92 Å². The molecule has 2 heterocycles. The molecule has 0 bridgehead atoms. The van der Waals surface area contributed by atoms with Gasteiger partial charge in [0, 0.05) is 0 Å². The predicted molar refractivity (Wildman–Crippen MR) is 79.8 cm³/mol. The molecule has 1 amide bonds. The maximum atomic E-state index is 12.3. The summed E-state index contributed by atoms with van der Waals surface area (Å²) >= 11 is 11.8. The van der Waals surface area contributed by atoms with Crippen molar-refractivity contribution in [2.24, 2.45) is 5.92 Å². The third-order valence-electron chi connectivity index (χ3n) is 3.25. The number of fused-ring (bicyclic) bond motifs is 1. The van der Waals surface area contributed by atoms with Crippen LogP contribution in [0, 0.1) is 5.92 Å². The lowest BCUT2D eigenvalue weighted by Crippen LogP contribution is -2.32. The summed E-state index contributed by atoms with van der Waals surface area (Å²) in [6.07, 6.45) is 1.84. The van der Waals surface area contributed by atoms with E-state index in [4.69, 9.17) is 27.9 Å². The number of hydrogen-bond acceptors (Lipinski definition) is 4. The lowest BCUT2D eigenvalue weighted by atomic mass is 9.96. The van der Waals surface area contributed by atoms with Crippen LogP contribution in [-0.4, -0.2) is 22.5 Å². The van der Waals surface area contributed by atoms with Crippen LogP contribution in [0.2, 0.25) is 10.3 Å². The normalized spacial score (nSPS) is 16.8. The number of nitrogens with zero attached hydrogens (tertiary/aromatic N) is 2. The van der Waals surface area contributed by atoms with Gasteiger partial charge >= 0.3 is 0 Å². The van der Waals surface area contributed by atoms with Crippen LogP contribution in [0.25, 0.3) is 0 Å². The van der Waals surface area contributed by atoms with Crippen LogP contribution >= 0.6 is 23.2 Å². The highest BCUT2D eigenvalue weighted by atomic mass is 35.5. The van der Waals surface area contributed by atoms with Gasteiger partial charge in [0.15, 0.2) is 10.3 Å². The number of anilines is 1. The van der Waals surface area contributed by atoms with E-state index in [0.717, 1.165) is 11.3 Å². The molecule has 21 heavy (non-hydrogen) atoms. The third kappa shape index (κ3) is 2.94. The Bertz CT molecular complexity index is 673. The molecule has 1 aliphatic rings. The van der Waals surface area contributed by atoms with Crippen molar-refractivity contribution < 1.29 is 9.53 Å². The quantitative estimate of drug-likeness (QED) is 0.863. The van der Waals surface area contributed by atoms with Gasteiger partial charge in [-0.1, -0.05) is 41.4 Å². The van der Waals surface area contributed by atoms with Gasteiger partial charge < -0.3 is 10.1 Å². The molecule has 1 N–H and O–H groups in total. The molecule has 3 rings (SSSR count). The Kier molecular flexibility index (Phi) is 3.94. The zero-order chi connectivity index (χ0) is 14.8. The monoisotopic (exact) mass is 323 g/mol. The number of carbonyl (C=O) groups is 1. The van der Waals surface area contributed by atoms with Gasteiger partial charge in [-0.05, 0) is 18.1 Å². The topological polar surface area (TPSA) is 64.1 Å². The van der Waals surface area contributed by atoms with Gasteiger partial charge in [-0.25, -0.2) is 9.97 Å². The number of carbonyl (C=O) groups excluding carboxylic acids is 1. The number of amides is 1. The van der Waals surface area contributed by atoms with Crippen molar-refractivity contribution in [1.29, 1.82) is 0 Å². The summed E-state index contributed by atoms with van der Waals surface area (Å²) in [5, 5.41) is 2.89. The fourth-order valence-corrected chi connectivity index (χ4v) is 2.58. The average Bonchev–Trinajstić information content (AvgIpc) is 2.50. The molecule has 0 radical (unpaired) electrons. The van der Waals surface area contributed by atoms with E-state index in [9.17, 15) is 4.79 Å². The third-order valence-corrected chi connectivity index (χ3v) is 3.83. The minimum Gasteiger partial charge on any atom is -0.492 e. The SMILES string of the molecule is O=C(Nc1c(Cl)ncnc1Cl)C1COc2ccccc2C1. The number of aromatic nitrogens is 2. The molecule has 0 saturated heterocycles. The molecular weight excluding hydrogens is 313 g/mol. The average molecular weight is 324 g/mol. The number of rotatable bonds is 2. The highest BCUT2D eigenvalue weighted by molar-refractivity contribution is 6.38. The van der Waals surface area contributed by atoms with Gasteiger partial charge in [0.25, 0.3) is 0 Å². The fourth-order valence-electron chi connectivity index (χ4n) is 2.17. The second-order valence-corrected chi connectivity index (χ2v) is 5.36. The van der Waals surface area contributed by atoms with Crippen LogP contribution in [0.4, 0.5) is 5.69 Å². The Morgan fingerprint density at radius 3 is 2.71 bits per heavy atom. The summed E-state index contributed by atoms with van der Waals surface area (Å²) in [5.41, 5.74) is 1.23. The molecule has 5 nitrogen and oxygen atoms in total. The van der Waals surface area contributed by atoms with Crippen LogP contribution < -0.4 is 10.1 Å². The molecule has 0 fully saturated rings. The lowest BCUT2D eigenvalue weighted by Gasteiger charge is -2.24. The Morgan fingerprint density at radius 1 is 1.24 bits per heavy atom. The molecule has 0 aliphatic carbocycles. The first-order valence-corrected chi connectivity index (χ1v) is 7.08. The second kappa shape index (κ2) is 5.87. The maximum absolute atomic E-state index is 12.3. The van der Waals surface area contributed by atoms with Crippen molar-refractivity contribution >= 4 is 34.8 Å². The molecule has 1 aromatic carbocycles. The molecule has 7 heteroatoms. The summed E-state index contributed by atoms with van der Waals surface area (Å²) in [5.74, 6) is 0.288. The minimum atomic E-state index is -0.313. The van der Waals surface area contributed by atoms with Crippen LogP contribution in [0.1, 0.15) is 5.56 Å². The Labute approximate surface area is 131 Å². The molecule has 1 unspecified atom stereocenters. The molecule has 0 saturated carbocycles. The van der Waals surface area contributed by atoms with Gasteiger partial charge in [0.2, 0.25) is 5.91 Å². The summed E-state index contributed by atoms with van der Waals surface area (Å²) in [6, 6.07) is 7.66. The first-order valence-electron chi connectivity index (χ1n) is 6.32. The van der Waals surface area contributed by atoms with Crippen molar-refractivity contribution in [1.82, 2.24) is 9.97 Å². The fraction of sp³-hybridized carbons (Fsp3) is 0.214. The summed E-state index contributed by atoms with van der Waals surface area (Å²) < 4.78 is 5.60. The van der Waals surface area contributed by atoms with Crippen LogP contribution in [-0.2, 0) is 11.2 Å². The molecule has 108 valence electrons. The zero-order valence-electron chi connectivity index (χ0n) is 10.8. The maximum Gasteiger partial charge on any atom is 0.231 e. The Balaban J connectivity index is 1.76. The van der Waals surface area contributed by atoms with Crippen LogP contribution in [0.5, 0.6) is 5.75 Å². The van der Waals surface area contributed by atoms with E-state index in [2.05, 4.69) is 15.3 Å². The number of nitrogens with one attached hydrogen (secondary N) is 1. The van der Waals surface area contributed by atoms with E-state index in [1.54, 1.807) is 0 Å². The standard InChI is InChI=1S/C14H11Cl2N3O2/c15-12-11(13(16)18-7-17-12)19-14(20)9-5-8-3-1-2-4-10(8)21-6-9/h1-4,7,9H,5-6H2,(H,19,20). The molecule has 1 atom stereocenters. The summed E-state index contributed by atoms with van der Waals surface area (Å²) in [7, 11) is 0. The zero-order valence-corrected chi connectivity index (χ0v) is 12.4. The van der Waals surface area contributed by atoms with Gasteiger partial charge in [0.1, 0.15) is 24.4 Å². The number of benzene rings is 1. The Morgan fingerprint density at radius 2 is 1.95 bits per heavy atom. The van der Waals surface area contributed by atoms with Crippen LogP contribution in [0.3, 0.4) is 0 Å². The van der Waals surface area contributed by atoms with Gasteiger partial charge in [-0.2, -0.15) is 0 Å². The second-order valence-electron chi connectivity index (χ2n) is 4.64. The lowest BCUT2D eigenvalue weighted by molar-refractivity contribution is -0.121. The van der Waals surface area contributed by atoms with E-state index in [0.29, 0.717) is 13.0 Å². The van der Waals surface area contributed by atoms with Crippen molar-refractivity contribution in [3.8, 4) is 5.75 Å². The van der Waals surface area contributed by atoms with Crippen molar-refractivity contribution in [3.05, 3.63) is 46.5 Å². The minimum absolute atomic E-state index is 0.112. The van der Waals surface area contributed by atoms with Crippen LogP contribution in [0.15, 0.2) is 30.6 Å². The molecule has 2 aromatic rings. The molecule has 0 spiro atoms. The smallest absolute Gasteiger partial charge is 0.231 e. The Hall–Kier alpha value is -1.85. The largest absolute Gasteiger partial charge is 0.492 e. The molecule has 1 aliphatic heterocycles. The highest BCUT2D eigenvalue weighted by Crippen LogP contribution is 2.29. The van der Waals surface area contributed by atoms with Gasteiger partial charge in [-0.15, -0.1) is 0 Å². The number of halogens is 2. The number of hydrogen-bond donors (Lipinski definition) is 1. The summed E-state index contributed by atoms with van der Waals surface area (Å²) in [6.45, 7) is 0.311. The van der Waals surface area contributed by atoms with E-state index >= 15 is 0 Å². The van der Waals surface area contributed by atoms with E-state index in [-0.39, 0.29) is 27.8 Å². The highest BCUT2D eigenvalue weighted by Gasteiger charge is 2.27. The number of ether oxygens (including phenoxy) is 1. The van der Waals surface area contributed by atoms with Crippen molar-refractivity contribution in [3.63, 3.8) is 0 Å². The van der Waals surface area contributed by atoms with Crippen molar-refractivity contribution in [2.45, 2.75) is 6.42 Å². The van der Waals surface area contributed by atoms with Crippen molar-refractivity contribution in [2.75, 3.05) is 11.9 Å². The van der Waals surface area contributed by atoms with E-state index < -0.39 is 0 Å². The first kappa shape index (κ1) is 14.1. The first-order chi connectivity index (χ1) is 10.1. The van der Waals surface area contributed by atoms with E-state index in [1.807, 2.05) is 24.3 Å². The van der Waals surface area contributed by atoms with Gasteiger partial charge in [-0.3, -0.25) is 4.79 Å².